The van der Waals surface area contributed by atoms with Crippen molar-refractivity contribution < 1.29 is 22.2 Å². The number of benzene rings is 3. The molecule has 4 rings (SSSR count). The summed E-state index contributed by atoms with van der Waals surface area (Å²) in [5.74, 6) is -0.271. The summed E-state index contributed by atoms with van der Waals surface area (Å²) in [6.45, 7) is 2.32. The lowest BCUT2D eigenvalue weighted by atomic mass is 10.1. The Kier molecular flexibility index (Phi) is 6.59. The Morgan fingerprint density at radius 2 is 1.85 bits per heavy atom. The van der Waals surface area contributed by atoms with Gasteiger partial charge in [0.25, 0.3) is 5.91 Å². The van der Waals surface area contributed by atoms with Gasteiger partial charge in [-0.15, -0.1) is 15.6 Å². The summed E-state index contributed by atoms with van der Waals surface area (Å²) in [6.07, 6.45) is -0.675. The Hall–Kier alpha value is -3.08. The second-order valence-electron chi connectivity index (χ2n) is 7.59. The summed E-state index contributed by atoms with van der Waals surface area (Å²) in [4.78, 5) is 13.2. The summed E-state index contributed by atoms with van der Waals surface area (Å²) >= 11 is 1.55. The summed E-state index contributed by atoms with van der Waals surface area (Å²) in [7, 11) is -4.76. The van der Waals surface area contributed by atoms with E-state index in [0.29, 0.717) is 23.5 Å². The molecule has 1 heterocycles. The van der Waals surface area contributed by atoms with Gasteiger partial charge in [0.1, 0.15) is 11.1 Å². The smallest absolute Gasteiger partial charge is 0.332 e. The SMILES string of the molecule is CC1Sc2ccc(C(=O)Nc3ccc(CNc4cccc(S(=O)(=O)F)c4)cc3)cc2NC1O. The molecule has 4 N–H and O–H groups in total. The molecule has 7 nitrogen and oxygen atoms in total. The quantitative estimate of drug-likeness (QED) is 0.381. The fourth-order valence-corrected chi connectivity index (χ4v) is 4.80. The highest BCUT2D eigenvalue weighted by atomic mass is 32.3. The number of thioether (sulfide) groups is 1. The number of halogens is 1. The summed E-state index contributed by atoms with van der Waals surface area (Å²) < 4.78 is 35.2. The average molecular weight is 488 g/mol. The van der Waals surface area contributed by atoms with E-state index in [2.05, 4.69) is 16.0 Å². The van der Waals surface area contributed by atoms with Gasteiger partial charge in [0, 0.05) is 28.4 Å². The van der Waals surface area contributed by atoms with Gasteiger partial charge in [-0.25, -0.2) is 0 Å². The maximum absolute atomic E-state index is 13.1. The van der Waals surface area contributed by atoms with Crippen LogP contribution in [0.1, 0.15) is 22.8 Å². The molecule has 3 aromatic carbocycles. The summed E-state index contributed by atoms with van der Waals surface area (Å²) in [5, 5.41) is 18.9. The Morgan fingerprint density at radius 1 is 1.09 bits per heavy atom. The minimum atomic E-state index is -4.76. The number of carbonyl (C=O) groups is 1. The first-order valence-corrected chi connectivity index (χ1v) is 12.4. The second-order valence-corrected chi connectivity index (χ2v) is 10.4. The molecule has 0 bridgehead atoms. The van der Waals surface area contributed by atoms with Crippen LogP contribution in [-0.4, -0.2) is 30.9 Å². The van der Waals surface area contributed by atoms with Crippen molar-refractivity contribution in [2.24, 2.45) is 0 Å². The zero-order valence-corrected chi connectivity index (χ0v) is 19.2. The van der Waals surface area contributed by atoms with Crippen molar-refractivity contribution in [3.63, 3.8) is 0 Å². The summed E-state index contributed by atoms with van der Waals surface area (Å²) in [5.41, 5.74) is 3.17. The Balaban J connectivity index is 1.37. The monoisotopic (exact) mass is 487 g/mol. The standard InChI is InChI=1S/C23H22FN3O4S2/c1-14-22(28)27-20-11-16(7-10-21(20)32-14)23(29)26-17-8-5-15(6-9-17)13-25-18-3-2-4-19(12-18)33(24,30)31/h2-12,14,22,25,27-28H,13H2,1H3,(H,26,29). The predicted octanol–water partition coefficient (Wildman–Crippen LogP) is 4.43. The molecule has 3 aromatic rings. The molecular formula is C23H22FN3O4S2. The van der Waals surface area contributed by atoms with Crippen LogP contribution < -0.4 is 16.0 Å². The number of fused-ring (bicyclic) bond motifs is 1. The molecule has 2 unspecified atom stereocenters. The Labute approximate surface area is 195 Å². The van der Waals surface area contributed by atoms with Crippen LogP contribution >= 0.6 is 11.8 Å². The van der Waals surface area contributed by atoms with Crippen molar-refractivity contribution in [3.05, 3.63) is 77.9 Å². The van der Waals surface area contributed by atoms with E-state index in [0.717, 1.165) is 16.1 Å². The first-order valence-electron chi connectivity index (χ1n) is 10.1. The Morgan fingerprint density at radius 3 is 2.58 bits per heavy atom. The van der Waals surface area contributed by atoms with E-state index in [9.17, 15) is 22.2 Å². The molecule has 0 aromatic heterocycles. The van der Waals surface area contributed by atoms with Gasteiger partial charge in [0.2, 0.25) is 0 Å². The van der Waals surface area contributed by atoms with Crippen molar-refractivity contribution >= 4 is 45.0 Å². The van der Waals surface area contributed by atoms with Gasteiger partial charge in [-0.05, 0) is 61.0 Å². The maximum Gasteiger partial charge on any atom is 0.332 e. The van der Waals surface area contributed by atoms with Crippen LogP contribution in [0, 0.1) is 0 Å². The zero-order valence-electron chi connectivity index (χ0n) is 17.6. The molecule has 0 spiro atoms. The molecule has 1 aliphatic rings. The Bertz CT molecular complexity index is 1280. The van der Waals surface area contributed by atoms with E-state index in [4.69, 9.17) is 0 Å². The molecule has 0 aliphatic carbocycles. The molecule has 0 saturated heterocycles. The number of aliphatic hydroxyl groups is 1. The van der Waals surface area contributed by atoms with Gasteiger partial charge < -0.3 is 21.1 Å². The molecule has 0 fully saturated rings. The largest absolute Gasteiger partial charge is 0.381 e. The van der Waals surface area contributed by atoms with E-state index in [1.165, 1.54) is 18.2 Å². The molecule has 1 amide bonds. The van der Waals surface area contributed by atoms with Crippen molar-refractivity contribution in [3.8, 4) is 0 Å². The normalized spacial score (nSPS) is 17.5. The summed E-state index contributed by atoms with van der Waals surface area (Å²) in [6, 6.07) is 18.0. The highest BCUT2D eigenvalue weighted by Crippen LogP contribution is 2.37. The number of rotatable bonds is 6. The van der Waals surface area contributed by atoms with Crippen molar-refractivity contribution in [2.75, 3.05) is 16.0 Å². The predicted molar refractivity (Wildman–Crippen MR) is 128 cm³/mol. The van der Waals surface area contributed by atoms with Crippen molar-refractivity contribution in [1.29, 1.82) is 0 Å². The van der Waals surface area contributed by atoms with Crippen molar-refractivity contribution in [1.82, 2.24) is 0 Å². The highest BCUT2D eigenvalue weighted by Gasteiger charge is 2.24. The zero-order chi connectivity index (χ0) is 23.6. The fraction of sp³-hybridized carbons (Fsp3) is 0.174. The topological polar surface area (TPSA) is 108 Å². The van der Waals surface area contributed by atoms with E-state index >= 15 is 0 Å². The molecule has 2 atom stereocenters. The van der Waals surface area contributed by atoms with Gasteiger partial charge in [-0.1, -0.05) is 18.2 Å². The number of aliphatic hydroxyl groups excluding tert-OH is 1. The van der Waals surface area contributed by atoms with E-state index in [-0.39, 0.29) is 11.2 Å². The number of nitrogens with one attached hydrogen (secondary N) is 3. The van der Waals surface area contributed by atoms with Crippen molar-refractivity contribution in [2.45, 2.75) is 34.7 Å². The van der Waals surface area contributed by atoms with Gasteiger partial charge in [-0.3, -0.25) is 4.79 Å². The van der Waals surface area contributed by atoms with Crippen LogP contribution in [0.15, 0.2) is 76.5 Å². The van der Waals surface area contributed by atoms with Crippen LogP contribution in [0.25, 0.3) is 0 Å². The molecule has 1 aliphatic heterocycles. The first-order chi connectivity index (χ1) is 15.7. The van der Waals surface area contributed by atoms with Crippen LogP contribution in [0.2, 0.25) is 0 Å². The van der Waals surface area contributed by atoms with E-state index in [1.54, 1.807) is 42.1 Å². The van der Waals surface area contributed by atoms with Crippen LogP contribution in [-0.2, 0) is 16.8 Å². The number of carbonyl (C=O) groups excluding carboxylic acids is 1. The number of hydrogen-bond acceptors (Lipinski definition) is 7. The fourth-order valence-electron chi connectivity index (χ4n) is 3.30. The van der Waals surface area contributed by atoms with Crippen LogP contribution in [0.3, 0.4) is 0 Å². The average Bonchev–Trinajstić information content (AvgIpc) is 2.79. The number of anilines is 3. The number of hydrogen-bond donors (Lipinski definition) is 4. The highest BCUT2D eigenvalue weighted by molar-refractivity contribution is 8.00. The molecule has 10 heteroatoms. The molecule has 33 heavy (non-hydrogen) atoms. The molecular weight excluding hydrogens is 465 g/mol. The minimum absolute atomic E-state index is 0.0193. The van der Waals surface area contributed by atoms with E-state index in [1.807, 2.05) is 25.1 Å². The molecule has 0 radical (unpaired) electrons. The minimum Gasteiger partial charge on any atom is -0.381 e. The third-order valence-corrected chi connectivity index (χ3v) is 7.18. The number of amides is 1. The van der Waals surface area contributed by atoms with Gasteiger partial charge in [0.15, 0.2) is 0 Å². The lowest BCUT2D eigenvalue weighted by molar-refractivity contribution is 0.102. The first kappa shape index (κ1) is 23.1. The third kappa shape index (κ3) is 5.65. The van der Waals surface area contributed by atoms with Crippen LogP contribution in [0.5, 0.6) is 0 Å². The third-order valence-electron chi connectivity index (χ3n) is 5.13. The second kappa shape index (κ2) is 9.42. The van der Waals surface area contributed by atoms with Gasteiger partial charge >= 0.3 is 10.2 Å². The molecule has 0 saturated carbocycles. The maximum atomic E-state index is 13.1. The van der Waals surface area contributed by atoms with E-state index < -0.39 is 21.3 Å². The van der Waals surface area contributed by atoms with Gasteiger partial charge in [0.05, 0.1) is 10.9 Å². The molecule has 172 valence electrons. The lowest BCUT2D eigenvalue weighted by Crippen LogP contribution is -2.32. The van der Waals surface area contributed by atoms with Gasteiger partial charge in [-0.2, -0.15) is 8.42 Å². The van der Waals surface area contributed by atoms with Crippen LogP contribution in [0.4, 0.5) is 20.9 Å². The lowest BCUT2D eigenvalue weighted by Gasteiger charge is -2.28.